The summed E-state index contributed by atoms with van der Waals surface area (Å²) >= 11 is 0. The number of anilines is 1. The molecule has 2 aromatic heterocycles. The second-order valence-corrected chi connectivity index (χ2v) is 9.21. The summed E-state index contributed by atoms with van der Waals surface area (Å²) in [5.74, 6) is -1.23. The van der Waals surface area contributed by atoms with Gasteiger partial charge in [-0.1, -0.05) is 30.3 Å². The van der Waals surface area contributed by atoms with Crippen molar-refractivity contribution in [2.45, 2.75) is 37.0 Å². The molecule has 0 bridgehead atoms. The van der Waals surface area contributed by atoms with Crippen molar-refractivity contribution in [2.75, 3.05) is 12.3 Å². The van der Waals surface area contributed by atoms with Gasteiger partial charge in [-0.15, -0.1) is 0 Å². The van der Waals surface area contributed by atoms with Crippen LogP contribution in [-0.2, 0) is 25.0 Å². The molecule has 182 valence electrons. The second-order valence-electron chi connectivity index (χ2n) is 7.66. The molecule has 1 fully saturated rings. The van der Waals surface area contributed by atoms with Gasteiger partial charge in [0.1, 0.15) is 36.2 Å². The Bertz CT molecular complexity index is 1210. The molecule has 6 unspecified atom stereocenters. The quantitative estimate of drug-likeness (QED) is 0.206. The lowest BCUT2D eigenvalue weighted by Crippen LogP contribution is -2.38. The lowest BCUT2D eigenvalue weighted by Gasteiger charge is -2.21. The summed E-state index contributed by atoms with van der Waals surface area (Å²) in [6.07, 6.45) is -2.84. The minimum Gasteiger partial charge on any atom is -0.480 e. The normalized spacial score (nSPS) is 25.3. The van der Waals surface area contributed by atoms with Gasteiger partial charge in [-0.3, -0.25) is 13.9 Å². The first-order valence-electron chi connectivity index (χ1n) is 10.1. The Balaban J connectivity index is 1.41. The summed E-state index contributed by atoms with van der Waals surface area (Å²) in [6, 6.07) is 7.15. The van der Waals surface area contributed by atoms with Gasteiger partial charge in [0, 0.05) is 0 Å². The number of carboxylic acid groups (broad SMARTS) is 1. The van der Waals surface area contributed by atoms with Gasteiger partial charge < -0.3 is 30.7 Å². The predicted molar refractivity (Wildman–Crippen MR) is 116 cm³/mol. The van der Waals surface area contributed by atoms with E-state index in [1.54, 1.807) is 30.3 Å². The molecule has 34 heavy (non-hydrogen) atoms. The average molecular weight is 494 g/mol. The van der Waals surface area contributed by atoms with Crippen LogP contribution in [0, 0.1) is 0 Å². The van der Waals surface area contributed by atoms with Crippen LogP contribution in [0.5, 0.6) is 0 Å². The zero-order valence-electron chi connectivity index (χ0n) is 17.6. The van der Waals surface area contributed by atoms with Crippen LogP contribution in [0.4, 0.5) is 5.82 Å². The highest BCUT2D eigenvalue weighted by Crippen LogP contribution is 2.40. The maximum Gasteiger partial charge on any atom is 0.403 e. The molecule has 0 aliphatic carbocycles. The summed E-state index contributed by atoms with van der Waals surface area (Å²) in [6.45, 7) is -0.614. The Morgan fingerprint density at radius 2 is 1.97 bits per heavy atom. The molecule has 6 atom stereocenters. The summed E-state index contributed by atoms with van der Waals surface area (Å²) < 4.78 is 24.5. The molecule has 0 spiro atoms. The van der Waals surface area contributed by atoms with Crippen molar-refractivity contribution in [1.29, 1.82) is 0 Å². The molecule has 14 nitrogen and oxygen atoms in total. The first-order chi connectivity index (χ1) is 16.2. The van der Waals surface area contributed by atoms with Gasteiger partial charge in [0.15, 0.2) is 17.7 Å². The molecule has 3 aromatic rings. The third kappa shape index (κ3) is 5.08. The van der Waals surface area contributed by atoms with Crippen LogP contribution in [0.1, 0.15) is 11.8 Å². The number of aliphatic carboxylic acids is 1. The molecule has 0 saturated carbocycles. The number of ether oxygens (including phenoxy) is 1. The van der Waals surface area contributed by atoms with E-state index in [0.29, 0.717) is 5.56 Å². The monoisotopic (exact) mass is 494 g/mol. The summed E-state index contributed by atoms with van der Waals surface area (Å²) in [4.78, 5) is 33.7. The molecule has 15 heteroatoms. The van der Waals surface area contributed by atoms with Gasteiger partial charge in [-0.05, 0) is 12.0 Å². The standard InChI is InChI=1S/C19H23N6O8P/c20-16-13-17(22-8-21-16)25(9-23-13)18-15(27)14(26)12(33-18)7-32-34(30,31)24-11(19(28)29)6-10-4-2-1-3-5-10/h1-5,8-9,11-12,14-15,18,26-27H,6-7H2,(H,28,29)(H2,20,21,22)(H2,24,30,31). The molecule has 7 N–H and O–H groups in total. The number of rotatable bonds is 9. The fourth-order valence-electron chi connectivity index (χ4n) is 3.60. The van der Waals surface area contributed by atoms with Gasteiger partial charge in [-0.25, -0.2) is 24.6 Å². The van der Waals surface area contributed by atoms with Crippen molar-refractivity contribution in [3.05, 3.63) is 48.5 Å². The molecule has 1 saturated heterocycles. The van der Waals surface area contributed by atoms with Crippen molar-refractivity contribution in [2.24, 2.45) is 0 Å². The fraction of sp³-hybridized carbons (Fsp3) is 0.368. The highest BCUT2D eigenvalue weighted by Gasteiger charge is 2.45. The number of imidazole rings is 1. The van der Waals surface area contributed by atoms with E-state index in [-0.39, 0.29) is 23.4 Å². The van der Waals surface area contributed by atoms with Crippen LogP contribution < -0.4 is 10.8 Å². The minimum absolute atomic E-state index is 0.0634. The molecule has 3 heterocycles. The largest absolute Gasteiger partial charge is 0.480 e. The van der Waals surface area contributed by atoms with Crippen LogP contribution in [0.15, 0.2) is 43.0 Å². The summed E-state index contributed by atoms with van der Waals surface area (Å²) in [5, 5.41) is 32.4. The van der Waals surface area contributed by atoms with E-state index in [1.165, 1.54) is 17.2 Å². The van der Waals surface area contributed by atoms with E-state index in [1.807, 2.05) is 0 Å². The van der Waals surface area contributed by atoms with E-state index >= 15 is 0 Å². The lowest BCUT2D eigenvalue weighted by atomic mass is 10.1. The number of nitrogens with two attached hydrogens (primary N) is 1. The number of fused-ring (bicyclic) bond motifs is 1. The number of aliphatic hydroxyl groups is 2. The maximum atomic E-state index is 12.5. The Morgan fingerprint density at radius 3 is 2.68 bits per heavy atom. The van der Waals surface area contributed by atoms with Crippen molar-refractivity contribution in [3.63, 3.8) is 0 Å². The Labute approximate surface area is 192 Å². The zero-order valence-corrected chi connectivity index (χ0v) is 18.5. The Morgan fingerprint density at radius 1 is 1.24 bits per heavy atom. The van der Waals surface area contributed by atoms with Crippen molar-refractivity contribution in [1.82, 2.24) is 24.6 Å². The number of aromatic nitrogens is 4. The third-order valence-electron chi connectivity index (χ3n) is 5.31. The van der Waals surface area contributed by atoms with Gasteiger partial charge in [0.25, 0.3) is 0 Å². The van der Waals surface area contributed by atoms with Crippen LogP contribution >= 0.6 is 7.75 Å². The first-order valence-corrected chi connectivity index (χ1v) is 11.7. The molecular formula is C19H23N6O8P. The molecule has 1 aliphatic rings. The molecule has 1 aliphatic heterocycles. The maximum absolute atomic E-state index is 12.5. The van der Waals surface area contributed by atoms with Crippen molar-refractivity contribution < 1.29 is 38.8 Å². The summed E-state index contributed by atoms with van der Waals surface area (Å²) in [5.41, 5.74) is 6.92. The number of benzene rings is 1. The molecule has 0 amide bonds. The highest BCUT2D eigenvalue weighted by atomic mass is 31.2. The van der Waals surface area contributed by atoms with Gasteiger partial charge >= 0.3 is 13.7 Å². The number of hydrogen-bond donors (Lipinski definition) is 6. The minimum atomic E-state index is -4.62. The number of nitrogen functional groups attached to an aromatic ring is 1. The second kappa shape index (κ2) is 9.72. The van der Waals surface area contributed by atoms with E-state index in [2.05, 4.69) is 20.0 Å². The topological polar surface area (TPSA) is 215 Å². The van der Waals surface area contributed by atoms with Gasteiger partial charge in [0.2, 0.25) is 0 Å². The molecular weight excluding hydrogens is 471 g/mol. The number of aliphatic hydroxyl groups excluding tert-OH is 2. The van der Waals surface area contributed by atoms with Crippen LogP contribution in [0.25, 0.3) is 11.2 Å². The first kappa shape index (κ1) is 24.2. The van der Waals surface area contributed by atoms with Crippen molar-refractivity contribution in [3.8, 4) is 0 Å². The molecule has 1 aromatic carbocycles. The Kier molecular flexibility index (Phi) is 6.91. The number of nitrogens with one attached hydrogen (secondary N) is 1. The molecule has 4 rings (SSSR count). The van der Waals surface area contributed by atoms with Crippen LogP contribution in [0.2, 0.25) is 0 Å². The lowest BCUT2D eigenvalue weighted by molar-refractivity contribution is -0.139. The zero-order chi connectivity index (χ0) is 24.5. The number of carboxylic acids is 1. The number of carbonyl (C=O) groups is 1. The average Bonchev–Trinajstić information content (AvgIpc) is 3.35. The number of hydrogen-bond acceptors (Lipinski definition) is 10. The van der Waals surface area contributed by atoms with Gasteiger partial charge in [0.05, 0.1) is 12.9 Å². The fourth-order valence-corrected chi connectivity index (χ4v) is 4.62. The van der Waals surface area contributed by atoms with E-state index < -0.39 is 50.9 Å². The number of nitrogens with zero attached hydrogens (tertiary/aromatic N) is 4. The van der Waals surface area contributed by atoms with E-state index in [9.17, 15) is 29.6 Å². The van der Waals surface area contributed by atoms with E-state index in [0.717, 1.165) is 0 Å². The van der Waals surface area contributed by atoms with Crippen LogP contribution in [-0.4, -0.2) is 76.7 Å². The van der Waals surface area contributed by atoms with Gasteiger partial charge in [-0.2, -0.15) is 0 Å². The predicted octanol–water partition coefficient (Wildman–Crippen LogP) is -0.570. The third-order valence-corrected chi connectivity index (χ3v) is 6.45. The highest BCUT2D eigenvalue weighted by molar-refractivity contribution is 7.50. The summed E-state index contributed by atoms with van der Waals surface area (Å²) in [7, 11) is -4.62. The smallest absolute Gasteiger partial charge is 0.403 e. The van der Waals surface area contributed by atoms with E-state index in [4.69, 9.17) is 15.0 Å². The van der Waals surface area contributed by atoms with Crippen LogP contribution in [0.3, 0.4) is 0 Å². The molecule has 0 radical (unpaired) electrons. The Hall–Kier alpha value is -2.97. The SMILES string of the molecule is Nc1ncnc2c1ncn2C1OC(COP(=O)(O)NC(Cc2ccccc2)C(=O)O)C(O)C1O. The van der Waals surface area contributed by atoms with Crippen molar-refractivity contribution >= 4 is 30.7 Å².